The van der Waals surface area contributed by atoms with Crippen LogP contribution in [0.3, 0.4) is 0 Å². The van der Waals surface area contributed by atoms with E-state index >= 15 is 0 Å². The fourth-order valence-electron chi connectivity index (χ4n) is 3.16. The number of thioether (sulfide) groups is 1. The quantitative estimate of drug-likeness (QED) is 0.0751. The standard InChI is InChI=1S/C23H22ClN9O4S3/c24-20-28-22(27-16-10-12-17(13-11-16)39(26,34)35)30-23(29-20)32-31-21(25)33-40(36,37)19-9-5-4-8-18(19)38-14-15-6-2-1-3-7-15/h1-13H,14H2,(H3,25,31,33)(H2,26,34,35)(H2,27,28,29,30,32). The minimum atomic E-state index is -4.17. The van der Waals surface area contributed by atoms with E-state index in [1.165, 1.54) is 42.1 Å². The first-order valence-electron chi connectivity index (χ1n) is 11.2. The molecule has 4 aromatic rings. The third kappa shape index (κ3) is 8.03. The minimum Gasteiger partial charge on any atom is -0.368 e. The molecule has 1 aromatic heterocycles. The topological polar surface area (TPSA) is 207 Å². The van der Waals surface area contributed by atoms with Gasteiger partial charge in [-0.1, -0.05) is 42.5 Å². The molecule has 0 saturated carbocycles. The molecule has 0 radical (unpaired) electrons. The van der Waals surface area contributed by atoms with E-state index in [0.717, 1.165) is 5.56 Å². The maximum Gasteiger partial charge on any atom is 0.286 e. The van der Waals surface area contributed by atoms with E-state index in [4.69, 9.17) is 22.5 Å². The Morgan fingerprint density at radius 3 is 2.23 bits per heavy atom. The van der Waals surface area contributed by atoms with Gasteiger partial charge in [-0.2, -0.15) is 23.4 Å². The molecule has 208 valence electrons. The number of halogens is 1. The van der Waals surface area contributed by atoms with Crippen LogP contribution in [0.4, 0.5) is 17.6 Å². The highest BCUT2D eigenvalue weighted by Gasteiger charge is 2.19. The van der Waals surface area contributed by atoms with Crippen LogP contribution in [0.1, 0.15) is 5.56 Å². The van der Waals surface area contributed by atoms with Crippen molar-refractivity contribution in [2.24, 2.45) is 15.3 Å². The van der Waals surface area contributed by atoms with Crippen LogP contribution in [0, 0.1) is 0 Å². The van der Waals surface area contributed by atoms with Crippen LogP contribution in [0.15, 0.2) is 97.9 Å². The second-order valence-electron chi connectivity index (χ2n) is 7.87. The Morgan fingerprint density at radius 1 is 0.875 bits per heavy atom. The summed E-state index contributed by atoms with van der Waals surface area (Å²) in [4.78, 5) is 12.4. The third-order valence-corrected chi connectivity index (χ3v) is 8.65. The van der Waals surface area contributed by atoms with E-state index in [2.05, 4.69) is 35.5 Å². The third-order valence-electron chi connectivity index (χ3n) is 4.93. The molecule has 0 aliphatic carbocycles. The van der Waals surface area contributed by atoms with Crippen molar-refractivity contribution in [1.29, 1.82) is 0 Å². The number of anilines is 3. The Hall–Kier alpha value is -3.96. The second-order valence-corrected chi connectivity index (χ2v) is 12.4. The zero-order chi connectivity index (χ0) is 28.8. The van der Waals surface area contributed by atoms with E-state index in [1.54, 1.807) is 18.2 Å². The van der Waals surface area contributed by atoms with Crippen molar-refractivity contribution in [2.75, 3.05) is 10.7 Å². The van der Waals surface area contributed by atoms with Crippen molar-refractivity contribution in [3.05, 3.63) is 89.7 Å². The van der Waals surface area contributed by atoms with Gasteiger partial charge in [-0.15, -0.1) is 16.2 Å². The molecular weight excluding hydrogens is 598 g/mol. The number of rotatable bonds is 10. The van der Waals surface area contributed by atoms with Gasteiger partial charge in [0.2, 0.25) is 33.2 Å². The average Bonchev–Trinajstić information content (AvgIpc) is 2.91. The molecule has 3 aromatic carbocycles. The summed E-state index contributed by atoms with van der Waals surface area (Å²) in [6, 6.07) is 21.6. The zero-order valence-electron chi connectivity index (χ0n) is 20.4. The van der Waals surface area contributed by atoms with Gasteiger partial charge in [-0.05, 0) is 53.6 Å². The number of aromatic nitrogens is 3. The number of guanidine groups is 1. The van der Waals surface area contributed by atoms with Gasteiger partial charge in [0.05, 0.1) is 4.90 Å². The molecular formula is C23H22ClN9O4S3. The first kappa shape index (κ1) is 29.0. The monoisotopic (exact) mass is 619 g/mol. The van der Waals surface area contributed by atoms with Gasteiger partial charge >= 0.3 is 0 Å². The largest absolute Gasteiger partial charge is 0.368 e. The van der Waals surface area contributed by atoms with Gasteiger partial charge in [-0.25, -0.2) is 13.6 Å². The Balaban J connectivity index is 1.44. The van der Waals surface area contributed by atoms with E-state index in [1.807, 2.05) is 30.3 Å². The fourth-order valence-corrected chi connectivity index (χ4v) is 6.20. The SMILES string of the molecule is N/C(=N\S(=O)(=O)c1ccccc1SCc1ccccc1)NNc1nc(Cl)nc(Nc2ccc(S(N)(=O)=O)cc2)n1. The molecule has 0 bridgehead atoms. The van der Waals surface area contributed by atoms with E-state index < -0.39 is 26.0 Å². The lowest BCUT2D eigenvalue weighted by Gasteiger charge is -2.11. The van der Waals surface area contributed by atoms with Crippen LogP contribution in [-0.2, 0) is 25.8 Å². The van der Waals surface area contributed by atoms with E-state index in [9.17, 15) is 16.8 Å². The van der Waals surface area contributed by atoms with Crippen LogP contribution in [0.25, 0.3) is 0 Å². The Bertz CT molecular complexity index is 1740. The summed E-state index contributed by atoms with van der Waals surface area (Å²) in [5, 5.41) is 7.73. The summed E-state index contributed by atoms with van der Waals surface area (Å²) in [5.74, 6) is -0.0234. The first-order chi connectivity index (χ1) is 19.0. The Morgan fingerprint density at radius 2 is 1.52 bits per heavy atom. The summed E-state index contributed by atoms with van der Waals surface area (Å²) in [6.45, 7) is 0. The fraction of sp³-hybridized carbons (Fsp3) is 0.0435. The van der Waals surface area contributed by atoms with Gasteiger partial charge in [0.25, 0.3) is 10.0 Å². The number of hydrogen-bond donors (Lipinski definition) is 5. The number of hydrazine groups is 1. The number of sulfonamides is 2. The van der Waals surface area contributed by atoms with E-state index in [0.29, 0.717) is 16.3 Å². The summed E-state index contributed by atoms with van der Waals surface area (Å²) in [6.07, 6.45) is 0. The van der Waals surface area contributed by atoms with Gasteiger partial charge in [0.1, 0.15) is 4.90 Å². The molecule has 0 spiro atoms. The molecule has 0 saturated heterocycles. The summed E-state index contributed by atoms with van der Waals surface area (Å²) >= 11 is 7.33. The normalized spacial score (nSPS) is 12.1. The predicted molar refractivity (Wildman–Crippen MR) is 154 cm³/mol. The van der Waals surface area contributed by atoms with Crippen LogP contribution in [0.5, 0.6) is 0 Å². The van der Waals surface area contributed by atoms with Crippen molar-refractivity contribution in [3.8, 4) is 0 Å². The lowest BCUT2D eigenvalue weighted by atomic mass is 10.2. The number of benzene rings is 3. The molecule has 4 rings (SSSR count). The van der Waals surface area contributed by atoms with Crippen LogP contribution in [0.2, 0.25) is 5.28 Å². The number of hydrogen-bond acceptors (Lipinski definition) is 10. The summed E-state index contributed by atoms with van der Waals surface area (Å²) < 4.78 is 52.5. The Kier molecular flexibility index (Phi) is 9.06. The second kappa shape index (κ2) is 12.5. The maximum atomic E-state index is 13.0. The molecule has 0 atom stereocenters. The number of primary sulfonamides is 1. The lowest BCUT2D eigenvalue weighted by Crippen LogP contribution is -2.37. The number of nitrogens with zero attached hydrogens (tertiary/aromatic N) is 4. The van der Waals surface area contributed by atoms with Gasteiger partial charge in [0.15, 0.2) is 0 Å². The number of nitrogens with one attached hydrogen (secondary N) is 3. The Labute approximate surface area is 239 Å². The van der Waals surface area contributed by atoms with Crippen LogP contribution in [-0.4, -0.2) is 37.7 Å². The molecule has 0 fully saturated rings. The predicted octanol–water partition coefficient (Wildman–Crippen LogP) is 2.83. The smallest absolute Gasteiger partial charge is 0.286 e. The molecule has 0 aliphatic heterocycles. The van der Waals surface area contributed by atoms with E-state index in [-0.39, 0.29) is 27.0 Å². The minimum absolute atomic E-state index is 0.000144. The number of nitrogens with two attached hydrogens (primary N) is 2. The highest BCUT2D eigenvalue weighted by molar-refractivity contribution is 7.99. The molecule has 0 amide bonds. The average molecular weight is 620 g/mol. The summed E-state index contributed by atoms with van der Waals surface area (Å²) in [7, 11) is -8.02. The first-order valence-corrected chi connectivity index (χ1v) is 15.5. The zero-order valence-corrected chi connectivity index (χ0v) is 23.6. The van der Waals surface area contributed by atoms with Crippen molar-refractivity contribution in [1.82, 2.24) is 20.4 Å². The lowest BCUT2D eigenvalue weighted by molar-refractivity contribution is 0.594. The van der Waals surface area contributed by atoms with Crippen LogP contribution >= 0.6 is 23.4 Å². The van der Waals surface area contributed by atoms with Crippen molar-refractivity contribution >= 4 is 67.0 Å². The van der Waals surface area contributed by atoms with Crippen molar-refractivity contribution in [2.45, 2.75) is 20.4 Å². The summed E-state index contributed by atoms with van der Waals surface area (Å²) in [5.41, 5.74) is 12.2. The van der Waals surface area contributed by atoms with Gasteiger partial charge in [-0.3, -0.25) is 10.9 Å². The van der Waals surface area contributed by atoms with Gasteiger partial charge in [0, 0.05) is 16.3 Å². The van der Waals surface area contributed by atoms with Crippen molar-refractivity contribution < 1.29 is 16.8 Å². The highest BCUT2D eigenvalue weighted by Crippen LogP contribution is 2.30. The van der Waals surface area contributed by atoms with Crippen LogP contribution < -0.4 is 27.0 Å². The molecule has 13 nitrogen and oxygen atoms in total. The molecule has 17 heteroatoms. The highest BCUT2D eigenvalue weighted by atomic mass is 35.5. The molecule has 0 unspecified atom stereocenters. The molecule has 0 aliphatic rings. The molecule has 40 heavy (non-hydrogen) atoms. The van der Waals surface area contributed by atoms with Crippen molar-refractivity contribution in [3.63, 3.8) is 0 Å². The maximum absolute atomic E-state index is 13.0. The molecule has 7 N–H and O–H groups in total. The van der Waals surface area contributed by atoms with Gasteiger partial charge < -0.3 is 11.1 Å². The molecule has 1 heterocycles.